The van der Waals surface area contributed by atoms with Crippen molar-refractivity contribution in [3.63, 3.8) is 0 Å². The van der Waals surface area contributed by atoms with Crippen molar-refractivity contribution in [1.82, 2.24) is 20.1 Å². The van der Waals surface area contributed by atoms with Crippen molar-refractivity contribution in [2.45, 2.75) is 58.4 Å². The van der Waals surface area contributed by atoms with Gasteiger partial charge < -0.3 is 15.2 Å². The summed E-state index contributed by atoms with van der Waals surface area (Å²) in [6.07, 6.45) is 6.07. The third-order valence-electron chi connectivity index (χ3n) is 6.55. The normalized spacial score (nSPS) is 21.2. The number of piperazine rings is 1. The van der Waals surface area contributed by atoms with E-state index in [2.05, 4.69) is 27.1 Å². The van der Waals surface area contributed by atoms with E-state index in [1.165, 1.54) is 26.2 Å². The molecule has 2 N–H and O–H groups in total. The Morgan fingerprint density at radius 2 is 1.70 bits per heavy atom. The smallest absolute Gasteiger partial charge is 0.253 e. The van der Waals surface area contributed by atoms with Gasteiger partial charge in [-0.3, -0.25) is 14.5 Å². The number of carbonyl (C=O) groups excluding carboxylic acids is 2. The van der Waals surface area contributed by atoms with E-state index < -0.39 is 0 Å². The van der Waals surface area contributed by atoms with Crippen molar-refractivity contribution in [2.24, 2.45) is 0 Å². The predicted octanol–water partition coefficient (Wildman–Crippen LogP) is 2.51. The zero-order valence-electron chi connectivity index (χ0n) is 17.3. The van der Waals surface area contributed by atoms with Gasteiger partial charge in [-0.15, -0.1) is 0 Å². The zero-order chi connectivity index (χ0) is 19.6. The van der Waals surface area contributed by atoms with Crippen LogP contribution in [0.25, 0.3) is 0 Å². The molecule has 0 radical (unpaired) electrons. The highest BCUT2D eigenvalue weighted by molar-refractivity contribution is 6.02. The molecule has 3 rings (SSSR count). The van der Waals surface area contributed by atoms with Crippen LogP contribution in [0, 0.1) is 13.8 Å². The summed E-state index contributed by atoms with van der Waals surface area (Å²) in [6.45, 7) is 10.3. The minimum Gasteiger partial charge on any atom is -0.355 e. The van der Waals surface area contributed by atoms with Gasteiger partial charge >= 0.3 is 0 Å². The highest BCUT2D eigenvalue weighted by atomic mass is 16.1. The van der Waals surface area contributed by atoms with Gasteiger partial charge in [-0.1, -0.05) is 19.3 Å². The lowest BCUT2D eigenvalue weighted by Gasteiger charge is -2.49. The molecule has 1 aromatic heterocycles. The Kier molecular flexibility index (Phi) is 6.06. The lowest BCUT2D eigenvalue weighted by molar-refractivity contribution is 0.0138. The van der Waals surface area contributed by atoms with E-state index >= 15 is 0 Å². The van der Waals surface area contributed by atoms with Crippen LogP contribution in [0.2, 0.25) is 0 Å². The van der Waals surface area contributed by atoms with E-state index in [0.29, 0.717) is 17.8 Å². The first-order valence-corrected chi connectivity index (χ1v) is 10.3. The Morgan fingerprint density at radius 3 is 2.26 bits per heavy atom. The highest BCUT2D eigenvalue weighted by Gasteiger charge is 2.39. The summed E-state index contributed by atoms with van der Waals surface area (Å²) >= 11 is 0. The zero-order valence-corrected chi connectivity index (χ0v) is 17.3. The summed E-state index contributed by atoms with van der Waals surface area (Å²) in [7, 11) is 2.18. The van der Waals surface area contributed by atoms with E-state index in [1.54, 1.807) is 0 Å². The number of aryl methyl sites for hydroxylation is 1. The van der Waals surface area contributed by atoms with E-state index in [4.69, 9.17) is 0 Å². The number of ketones is 1. The summed E-state index contributed by atoms with van der Waals surface area (Å²) in [6, 6.07) is 0. The number of aromatic amines is 1. The summed E-state index contributed by atoms with van der Waals surface area (Å²) < 4.78 is 0. The van der Waals surface area contributed by atoms with Gasteiger partial charge in [-0.2, -0.15) is 0 Å². The van der Waals surface area contributed by atoms with Crippen LogP contribution in [0.5, 0.6) is 0 Å². The number of nitrogens with one attached hydrogen (secondary N) is 2. The fraction of sp³-hybridized carbons (Fsp3) is 0.714. The number of nitrogens with zero attached hydrogens (tertiary/aromatic N) is 2. The number of hydrogen-bond acceptors (Lipinski definition) is 4. The molecule has 2 fully saturated rings. The largest absolute Gasteiger partial charge is 0.355 e. The van der Waals surface area contributed by atoms with E-state index in [1.807, 2.05) is 13.8 Å². The maximum absolute atomic E-state index is 13.0. The van der Waals surface area contributed by atoms with Crippen LogP contribution in [0.3, 0.4) is 0 Å². The first-order chi connectivity index (χ1) is 12.8. The molecule has 1 aromatic rings. The molecule has 6 nitrogen and oxygen atoms in total. The molecule has 1 saturated heterocycles. The molecule has 0 spiro atoms. The molecule has 6 heteroatoms. The van der Waals surface area contributed by atoms with Crippen LogP contribution in [0.4, 0.5) is 0 Å². The lowest BCUT2D eigenvalue weighted by atomic mass is 9.79. The average molecular weight is 375 g/mol. The Balaban J connectivity index is 1.74. The Morgan fingerprint density at radius 1 is 1.07 bits per heavy atom. The second-order valence-electron chi connectivity index (χ2n) is 8.44. The average Bonchev–Trinajstić information content (AvgIpc) is 2.96. The van der Waals surface area contributed by atoms with Crippen molar-refractivity contribution >= 4 is 11.7 Å². The molecular formula is C21H34N4O2. The fourth-order valence-electron chi connectivity index (χ4n) is 4.87. The molecular weight excluding hydrogens is 340 g/mol. The van der Waals surface area contributed by atoms with Gasteiger partial charge in [-0.05, 0) is 39.3 Å². The third kappa shape index (κ3) is 4.11. The van der Waals surface area contributed by atoms with E-state index in [-0.39, 0.29) is 17.2 Å². The quantitative estimate of drug-likeness (QED) is 0.777. The van der Waals surface area contributed by atoms with Gasteiger partial charge in [0, 0.05) is 50.9 Å². The maximum Gasteiger partial charge on any atom is 0.253 e. The number of H-pyrrole nitrogens is 1. The Labute approximate surface area is 162 Å². The van der Waals surface area contributed by atoms with Crippen molar-refractivity contribution in [1.29, 1.82) is 0 Å². The summed E-state index contributed by atoms with van der Waals surface area (Å²) in [5.41, 5.74) is 2.78. The van der Waals surface area contributed by atoms with E-state index in [9.17, 15) is 9.59 Å². The molecule has 0 atom stereocenters. The first kappa shape index (κ1) is 20.1. The predicted molar refractivity (Wildman–Crippen MR) is 107 cm³/mol. The van der Waals surface area contributed by atoms with Gasteiger partial charge in [0.05, 0.1) is 11.3 Å². The minimum atomic E-state index is -0.0622. The van der Waals surface area contributed by atoms with Crippen molar-refractivity contribution in [3.8, 4) is 0 Å². The second kappa shape index (κ2) is 8.15. The van der Waals surface area contributed by atoms with Gasteiger partial charge in [-0.25, -0.2) is 0 Å². The number of rotatable bonds is 5. The number of amides is 1. The fourth-order valence-corrected chi connectivity index (χ4v) is 4.87. The molecule has 2 aliphatic rings. The maximum atomic E-state index is 13.0. The molecule has 27 heavy (non-hydrogen) atoms. The number of carbonyl (C=O) groups is 2. The summed E-state index contributed by atoms with van der Waals surface area (Å²) in [5, 5.41) is 3.23. The third-order valence-corrected chi connectivity index (χ3v) is 6.55. The van der Waals surface area contributed by atoms with Gasteiger partial charge in [0.2, 0.25) is 0 Å². The van der Waals surface area contributed by atoms with Crippen molar-refractivity contribution < 1.29 is 9.59 Å². The van der Waals surface area contributed by atoms with E-state index in [0.717, 1.165) is 50.3 Å². The minimum absolute atomic E-state index is 0.0316. The van der Waals surface area contributed by atoms with Crippen LogP contribution < -0.4 is 5.32 Å². The molecule has 1 aliphatic heterocycles. The standard InChI is InChI=1S/C21H34N4O2/c1-15-18(16(2)23-19(15)17(3)26)20(27)22-14-21(8-6-5-7-9-21)25-12-10-24(4)11-13-25/h23H,5-14H2,1-4H3,(H,22,27). The van der Waals surface area contributed by atoms with Crippen LogP contribution in [0.15, 0.2) is 0 Å². The first-order valence-electron chi connectivity index (χ1n) is 10.3. The van der Waals surface area contributed by atoms with Gasteiger partial charge in [0.1, 0.15) is 0 Å². The molecule has 150 valence electrons. The molecule has 0 unspecified atom stereocenters. The summed E-state index contributed by atoms with van der Waals surface area (Å²) in [5.74, 6) is -0.0938. The molecule has 1 aliphatic carbocycles. The molecule has 0 bridgehead atoms. The second-order valence-corrected chi connectivity index (χ2v) is 8.44. The Bertz CT molecular complexity index is 695. The topological polar surface area (TPSA) is 68.4 Å². The van der Waals surface area contributed by atoms with Crippen LogP contribution >= 0.6 is 0 Å². The highest BCUT2D eigenvalue weighted by Crippen LogP contribution is 2.34. The van der Waals surface area contributed by atoms with Crippen molar-refractivity contribution in [2.75, 3.05) is 39.8 Å². The van der Waals surface area contributed by atoms with Crippen LogP contribution in [0.1, 0.15) is 71.1 Å². The van der Waals surface area contributed by atoms with Crippen LogP contribution in [-0.4, -0.2) is 71.8 Å². The number of Topliss-reactive ketones (excluding diaryl/α,β-unsaturated/α-hetero) is 1. The van der Waals surface area contributed by atoms with Crippen molar-refractivity contribution in [3.05, 3.63) is 22.5 Å². The molecule has 1 saturated carbocycles. The lowest BCUT2D eigenvalue weighted by Crippen LogP contribution is -2.61. The van der Waals surface area contributed by atoms with Gasteiger partial charge in [0.25, 0.3) is 5.91 Å². The Hall–Kier alpha value is -1.66. The number of aromatic nitrogens is 1. The SMILES string of the molecule is CC(=O)c1[nH]c(C)c(C(=O)NCC2(N3CCN(C)CC3)CCCCC2)c1C. The van der Waals surface area contributed by atoms with Crippen LogP contribution in [-0.2, 0) is 0 Å². The summed E-state index contributed by atoms with van der Waals surface area (Å²) in [4.78, 5) is 32.8. The molecule has 1 amide bonds. The molecule has 0 aromatic carbocycles. The molecule has 2 heterocycles. The monoisotopic (exact) mass is 374 g/mol. The van der Waals surface area contributed by atoms with Gasteiger partial charge in [0.15, 0.2) is 5.78 Å². The number of hydrogen-bond donors (Lipinski definition) is 2. The number of likely N-dealkylation sites (N-methyl/N-ethyl adjacent to an activating group) is 1.